The molecule has 21 heavy (non-hydrogen) atoms. The van der Waals surface area contributed by atoms with Gasteiger partial charge in [0, 0.05) is 12.2 Å². The molecule has 0 radical (unpaired) electrons. The highest BCUT2D eigenvalue weighted by Gasteiger charge is 2.13. The van der Waals surface area contributed by atoms with Crippen LogP contribution in [0.4, 0.5) is 5.69 Å². The Balaban J connectivity index is 2.72. The van der Waals surface area contributed by atoms with E-state index in [4.69, 9.17) is 4.55 Å². The summed E-state index contributed by atoms with van der Waals surface area (Å²) in [5.74, 6) is -0.656. The molecule has 0 fully saturated rings. The molecular weight excluding hydrogens is 290 g/mol. The van der Waals surface area contributed by atoms with Gasteiger partial charge in [-0.2, -0.15) is 8.42 Å². The molecular formula is C15H25NO4S. The molecule has 0 aromatic heterocycles. The molecule has 5 nitrogen and oxygen atoms in total. The van der Waals surface area contributed by atoms with E-state index in [0.29, 0.717) is 0 Å². The topological polar surface area (TPSA) is 86.6 Å². The third-order valence-electron chi connectivity index (χ3n) is 3.07. The molecule has 6 heteroatoms. The molecule has 120 valence electrons. The Bertz CT molecular complexity index is 518. The van der Waals surface area contributed by atoms with Crippen LogP contribution in [0.1, 0.15) is 37.8 Å². The van der Waals surface area contributed by atoms with Gasteiger partial charge in [-0.05, 0) is 36.1 Å². The molecule has 0 amide bonds. The second kappa shape index (κ2) is 8.36. The molecule has 1 rings (SSSR count). The van der Waals surface area contributed by atoms with Crippen LogP contribution in [0.2, 0.25) is 0 Å². The molecule has 0 aliphatic carbocycles. The van der Waals surface area contributed by atoms with Crippen molar-refractivity contribution in [3.8, 4) is 0 Å². The van der Waals surface area contributed by atoms with Crippen LogP contribution in [0.15, 0.2) is 18.2 Å². The maximum absolute atomic E-state index is 10.7. The van der Waals surface area contributed by atoms with Crippen molar-refractivity contribution < 1.29 is 18.1 Å². The van der Waals surface area contributed by atoms with Crippen molar-refractivity contribution in [1.82, 2.24) is 0 Å². The number of aryl methyl sites for hydroxylation is 2. The first kappa shape index (κ1) is 17.9. The molecule has 1 unspecified atom stereocenters. The second-order valence-electron chi connectivity index (χ2n) is 5.32. The molecule has 0 saturated carbocycles. The summed E-state index contributed by atoms with van der Waals surface area (Å²) in [5.41, 5.74) is 3.34. The average Bonchev–Trinajstić information content (AvgIpc) is 2.35. The highest BCUT2D eigenvalue weighted by atomic mass is 32.2. The molecule has 0 heterocycles. The molecule has 0 saturated heterocycles. The first-order valence-corrected chi connectivity index (χ1v) is 8.95. The van der Waals surface area contributed by atoms with Gasteiger partial charge in [0.2, 0.25) is 0 Å². The lowest BCUT2D eigenvalue weighted by Gasteiger charge is -2.14. The lowest BCUT2D eigenvalue weighted by Crippen LogP contribution is -2.27. The van der Waals surface area contributed by atoms with E-state index in [1.54, 1.807) is 0 Å². The average molecular weight is 315 g/mol. The number of nitrogens with one attached hydrogen (secondary N) is 1. The largest absolute Gasteiger partial charge is 0.390 e. The predicted octanol–water partition coefficient (Wildman–Crippen LogP) is 2.25. The van der Waals surface area contributed by atoms with E-state index in [2.05, 4.69) is 25.2 Å². The molecule has 1 aromatic carbocycles. The molecule has 0 spiro atoms. The van der Waals surface area contributed by atoms with Gasteiger partial charge in [0.15, 0.2) is 0 Å². The van der Waals surface area contributed by atoms with E-state index in [1.165, 1.54) is 11.1 Å². The van der Waals surface area contributed by atoms with Crippen LogP contribution in [-0.4, -0.2) is 36.5 Å². The maximum atomic E-state index is 10.7. The minimum Gasteiger partial charge on any atom is -0.390 e. The van der Waals surface area contributed by atoms with E-state index in [9.17, 15) is 13.5 Å². The Morgan fingerprint density at radius 3 is 2.05 bits per heavy atom. The Kier molecular flexibility index (Phi) is 7.14. The number of hydrogen-bond donors (Lipinski definition) is 3. The minimum atomic E-state index is -4.15. The minimum absolute atomic E-state index is 0.0843. The molecule has 0 bridgehead atoms. The summed E-state index contributed by atoms with van der Waals surface area (Å²) < 4.78 is 30.1. The van der Waals surface area contributed by atoms with Crippen molar-refractivity contribution in [3.05, 3.63) is 29.3 Å². The number of rotatable bonds is 9. The summed E-state index contributed by atoms with van der Waals surface area (Å²) in [4.78, 5) is 0. The van der Waals surface area contributed by atoms with Gasteiger partial charge in [0.05, 0.1) is 6.10 Å². The summed E-state index contributed by atoms with van der Waals surface area (Å²) in [6, 6.07) is 6.22. The number of hydrogen-bond acceptors (Lipinski definition) is 4. The van der Waals surface area contributed by atoms with E-state index < -0.39 is 22.0 Å². The Morgan fingerprint density at radius 2 is 1.62 bits per heavy atom. The van der Waals surface area contributed by atoms with E-state index >= 15 is 0 Å². The van der Waals surface area contributed by atoms with Crippen LogP contribution in [-0.2, 0) is 23.0 Å². The lowest BCUT2D eigenvalue weighted by molar-refractivity contribution is 0.208. The smallest absolute Gasteiger partial charge is 0.267 e. The lowest BCUT2D eigenvalue weighted by atomic mass is 10.0. The summed E-state index contributed by atoms with van der Waals surface area (Å²) in [6.07, 6.45) is 2.95. The van der Waals surface area contributed by atoms with E-state index in [-0.39, 0.29) is 6.54 Å². The van der Waals surface area contributed by atoms with Crippen molar-refractivity contribution >= 4 is 15.8 Å². The fourth-order valence-electron chi connectivity index (χ4n) is 2.27. The van der Waals surface area contributed by atoms with Crippen molar-refractivity contribution in [1.29, 1.82) is 0 Å². The highest BCUT2D eigenvalue weighted by Crippen LogP contribution is 2.18. The van der Waals surface area contributed by atoms with Gasteiger partial charge in [-0.25, -0.2) is 0 Å². The standard InChI is InChI=1S/C15H25NO4S/c1-3-5-12-7-13(6-4-2)9-14(8-12)16-10-15(17)11-21(18,19)20/h7-9,15-17H,3-6,10-11H2,1-2H3,(H,18,19,20). The zero-order valence-corrected chi connectivity index (χ0v) is 13.5. The van der Waals surface area contributed by atoms with Gasteiger partial charge in [-0.1, -0.05) is 32.8 Å². The van der Waals surface area contributed by atoms with Crippen molar-refractivity contribution in [3.63, 3.8) is 0 Å². The van der Waals surface area contributed by atoms with Crippen LogP contribution in [0.25, 0.3) is 0 Å². The number of aliphatic hydroxyl groups excluding tert-OH is 1. The van der Waals surface area contributed by atoms with E-state index in [0.717, 1.165) is 31.4 Å². The molecule has 1 atom stereocenters. The molecule has 3 N–H and O–H groups in total. The Hall–Kier alpha value is -1.11. The van der Waals surface area contributed by atoms with Crippen LogP contribution in [0, 0.1) is 0 Å². The third-order valence-corrected chi connectivity index (χ3v) is 3.88. The van der Waals surface area contributed by atoms with Gasteiger partial charge >= 0.3 is 0 Å². The number of benzene rings is 1. The Labute approximate surface area is 127 Å². The summed E-state index contributed by atoms with van der Waals surface area (Å²) >= 11 is 0. The van der Waals surface area contributed by atoms with Crippen LogP contribution in [0.3, 0.4) is 0 Å². The first-order valence-electron chi connectivity index (χ1n) is 7.34. The van der Waals surface area contributed by atoms with Crippen molar-refractivity contribution in [2.75, 3.05) is 17.6 Å². The van der Waals surface area contributed by atoms with Gasteiger partial charge in [-0.3, -0.25) is 4.55 Å². The zero-order valence-electron chi connectivity index (χ0n) is 12.7. The summed E-state index contributed by atoms with van der Waals surface area (Å²) in [6.45, 7) is 4.33. The van der Waals surface area contributed by atoms with E-state index in [1.807, 2.05) is 12.1 Å². The first-order chi connectivity index (χ1) is 9.84. The SMILES string of the molecule is CCCc1cc(CCC)cc(NCC(O)CS(=O)(=O)O)c1. The predicted molar refractivity (Wildman–Crippen MR) is 85.3 cm³/mol. The van der Waals surface area contributed by atoms with Crippen molar-refractivity contribution in [2.24, 2.45) is 0 Å². The van der Waals surface area contributed by atoms with Gasteiger partial charge in [0.25, 0.3) is 10.1 Å². The Morgan fingerprint density at radius 1 is 1.10 bits per heavy atom. The third kappa shape index (κ3) is 7.45. The monoisotopic (exact) mass is 315 g/mol. The van der Waals surface area contributed by atoms with Gasteiger partial charge < -0.3 is 10.4 Å². The van der Waals surface area contributed by atoms with Gasteiger partial charge in [-0.15, -0.1) is 0 Å². The highest BCUT2D eigenvalue weighted by molar-refractivity contribution is 7.85. The number of anilines is 1. The normalized spacial score (nSPS) is 13.1. The summed E-state index contributed by atoms with van der Waals surface area (Å²) in [5, 5.41) is 12.6. The number of aliphatic hydroxyl groups is 1. The zero-order chi connectivity index (χ0) is 15.9. The fraction of sp³-hybridized carbons (Fsp3) is 0.600. The van der Waals surface area contributed by atoms with Crippen molar-refractivity contribution in [2.45, 2.75) is 45.6 Å². The molecule has 1 aromatic rings. The summed E-state index contributed by atoms with van der Waals surface area (Å²) in [7, 11) is -4.15. The van der Waals surface area contributed by atoms with Gasteiger partial charge in [0.1, 0.15) is 5.75 Å². The molecule has 0 aliphatic heterocycles. The van der Waals surface area contributed by atoms with Crippen LogP contribution in [0.5, 0.6) is 0 Å². The fourth-order valence-corrected chi connectivity index (χ4v) is 2.87. The molecule has 0 aliphatic rings. The second-order valence-corrected chi connectivity index (χ2v) is 6.82. The van der Waals surface area contributed by atoms with Crippen LogP contribution < -0.4 is 5.32 Å². The maximum Gasteiger partial charge on any atom is 0.267 e. The quantitative estimate of drug-likeness (QED) is 0.608. The van der Waals surface area contributed by atoms with Crippen LogP contribution >= 0.6 is 0 Å².